The number of aromatic nitrogens is 2. The van der Waals surface area contributed by atoms with Crippen LogP contribution in [0.1, 0.15) is 29.3 Å². The van der Waals surface area contributed by atoms with E-state index in [4.69, 9.17) is 9.47 Å². The van der Waals surface area contributed by atoms with Gasteiger partial charge in [0.15, 0.2) is 0 Å². The summed E-state index contributed by atoms with van der Waals surface area (Å²) in [5.41, 5.74) is 3.34. The van der Waals surface area contributed by atoms with Crippen LogP contribution in [0.3, 0.4) is 0 Å². The maximum Gasteiger partial charge on any atom is 0.216 e. The topological polar surface area (TPSA) is 48.3 Å². The molecule has 1 N–H and O–H groups in total. The minimum atomic E-state index is 0.305. The smallest absolute Gasteiger partial charge is 0.216 e. The lowest BCUT2D eigenvalue weighted by Gasteiger charge is -2.26. The number of rotatable bonds is 4. The van der Waals surface area contributed by atoms with Gasteiger partial charge < -0.3 is 14.8 Å². The molecular weight excluding hydrogens is 266 g/mol. The molecule has 0 saturated carbocycles. The monoisotopic (exact) mass is 287 g/mol. The Hall–Kier alpha value is -2.01. The summed E-state index contributed by atoms with van der Waals surface area (Å²) in [5, 5.41) is 8.03. The van der Waals surface area contributed by atoms with E-state index in [1.165, 1.54) is 5.56 Å². The van der Waals surface area contributed by atoms with Crippen LogP contribution in [0.5, 0.6) is 11.6 Å². The zero-order valence-corrected chi connectivity index (χ0v) is 12.7. The van der Waals surface area contributed by atoms with E-state index in [9.17, 15) is 0 Å². The molecule has 1 aromatic carbocycles. The first-order valence-electron chi connectivity index (χ1n) is 7.22. The molecule has 2 aromatic rings. The maximum absolute atomic E-state index is 5.70. The second kappa shape index (κ2) is 5.77. The summed E-state index contributed by atoms with van der Waals surface area (Å²) in [6, 6.07) is 8.52. The Kier molecular flexibility index (Phi) is 3.84. The van der Waals surface area contributed by atoms with Crippen LogP contribution >= 0.6 is 0 Å². The highest BCUT2D eigenvalue weighted by atomic mass is 16.5. The van der Waals surface area contributed by atoms with Gasteiger partial charge in [-0.1, -0.05) is 18.2 Å². The van der Waals surface area contributed by atoms with Crippen molar-refractivity contribution in [2.24, 2.45) is 7.05 Å². The molecule has 0 amide bonds. The van der Waals surface area contributed by atoms with E-state index in [1.807, 2.05) is 26.1 Å². The maximum atomic E-state index is 5.70. The number of nitrogens with zero attached hydrogens (tertiary/aromatic N) is 2. The van der Waals surface area contributed by atoms with Crippen molar-refractivity contribution in [3.63, 3.8) is 0 Å². The van der Waals surface area contributed by atoms with Crippen molar-refractivity contribution in [2.75, 3.05) is 13.7 Å². The van der Waals surface area contributed by atoms with Crippen molar-refractivity contribution >= 4 is 0 Å². The van der Waals surface area contributed by atoms with Gasteiger partial charge in [-0.15, -0.1) is 0 Å². The number of fused-ring (bicyclic) bond motifs is 1. The first kappa shape index (κ1) is 13.9. The van der Waals surface area contributed by atoms with Crippen molar-refractivity contribution in [3.8, 4) is 11.6 Å². The number of para-hydroxylation sites is 1. The van der Waals surface area contributed by atoms with Crippen molar-refractivity contribution in [1.29, 1.82) is 0 Å². The largest absolute Gasteiger partial charge is 0.493 e. The predicted molar refractivity (Wildman–Crippen MR) is 80.6 cm³/mol. The summed E-state index contributed by atoms with van der Waals surface area (Å²) in [6.45, 7) is 3.50. The van der Waals surface area contributed by atoms with Gasteiger partial charge in [-0.25, -0.2) is 4.68 Å². The zero-order chi connectivity index (χ0) is 14.8. The molecule has 2 heterocycles. The minimum Gasteiger partial charge on any atom is -0.493 e. The van der Waals surface area contributed by atoms with Crippen LogP contribution in [0.2, 0.25) is 0 Å². The molecule has 1 atom stereocenters. The van der Waals surface area contributed by atoms with E-state index in [2.05, 4.69) is 22.5 Å². The molecule has 0 saturated heterocycles. The van der Waals surface area contributed by atoms with Crippen LogP contribution in [0.15, 0.2) is 24.3 Å². The van der Waals surface area contributed by atoms with Crippen LogP contribution in [-0.4, -0.2) is 23.5 Å². The summed E-state index contributed by atoms with van der Waals surface area (Å²) >= 11 is 0. The van der Waals surface area contributed by atoms with Crippen LogP contribution in [-0.2, 0) is 13.6 Å². The number of hydrogen-bond donors (Lipinski definition) is 1. The molecule has 0 radical (unpaired) electrons. The van der Waals surface area contributed by atoms with Crippen LogP contribution in [0.25, 0.3) is 0 Å². The van der Waals surface area contributed by atoms with E-state index in [0.29, 0.717) is 6.04 Å². The summed E-state index contributed by atoms with van der Waals surface area (Å²) in [4.78, 5) is 0. The Morgan fingerprint density at radius 1 is 1.43 bits per heavy atom. The number of hydrogen-bond acceptors (Lipinski definition) is 4. The Balaban J connectivity index is 1.78. The molecule has 0 spiro atoms. The van der Waals surface area contributed by atoms with E-state index in [0.717, 1.165) is 42.5 Å². The number of ether oxygens (including phenoxy) is 2. The van der Waals surface area contributed by atoms with E-state index >= 15 is 0 Å². The van der Waals surface area contributed by atoms with E-state index < -0.39 is 0 Å². The van der Waals surface area contributed by atoms with Gasteiger partial charge in [0.1, 0.15) is 5.75 Å². The van der Waals surface area contributed by atoms with Gasteiger partial charge in [0.2, 0.25) is 5.88 Å². The molecule has 5 nitrogen and oxygen atoms in total. The number of nitrogens with one attached hydrogen (secondary N) is 1. The molecule has 1 aromatic heterocycles. The Morgan fingerprint density at radius 3 is 3.05 bits per heavy atom. The summed E-state index contributed by atoms with van der Waals surface area (Å²) in [7, 11) is 3.59. The standard InChI is InChI=1S/C16H21N3O2/c1-11-13(16(20-3)19(2)18-11)10-17-14-8-9-21-15-7-5-4-6-12(14)15/h4-7,14,17H,8-10H2,1-3H3/t14-/m0/s1. The first-order chi connectivity index (χ1) is 10.2. The minimum absolute atomic E-state index is 0.305. The molecule has 112 valence electrons. The normalized spacial score (nSPS) is 17.2. The molecule has 0 bridgehead atoms. The molecule has 21 heavy (non-hydrogen) atoms. The summed E-state index contributed by atoms with van der Waals surface area (Å²) < 4.78 is 12.9. The highest BCUT2D eigenvalue weighted by molar-refractivity contribution is 5.38. The molecule has 0 unspecified atom stereocenters. The number of benzene rings is 1. The third-order valence-electron chi connectivity index (χ3n) is 3.97. The third kappa shape index (κ3) is 2.61. The van der Waals surface area contributed by atoms with Crippen LogP contribution in [0, 0.1) is 6.92 Å². The van der Waals surface area contributed by atoms with Crippen LogP contribution < -0.4 is 14.8 Å². The van der Waals surface area contributed by atoms with Crippen LogP contribution in [0.4, 0.5) is 0 Å². The Bertz CT molecular complexity index is 636. The van der Waals surface area contributed by atoms with Gasteiger partial charge in [0.05, 0.1) is 25.0 Å². The van der Waals surface area contributed by atoms with Gasteiger partial charge >= 0.3 is 0 Å². The lowest BCUT2D eigenvalue weighted by atomic mass is 10.0. The Morgan fingerprint density at radius 2 is 2.24 bits per heavy atom. The van der Waals surface area contributed by atoms with Gasteiger partial charge in [-0.05, 0) is 13.0 Å². The number of aryl methyl sites for hydroxylation is 2. The summed E-state index contributed by atoms with van der Waals surface area (Å²) in [6.07, 6.45) is 0.971. The van der Waals surface area contributed by atoms with Crippen molar-refractivity contribution in [1.82, 2.24) is 15.1 Å². The average molecular weight is 287 g/mol. The molecule has 5 heteroatoms. The van der Waals surface area contributed by atoms with Gasteiger partial charge in [-0.2, -0.15) is 5.10 Å². The molecular formula is C16H21N3O2. The molecule has 0 aliphatic carbocycles. The lowest BCUT2D eigenvalue weighted by molar-refractivity contribution is 0.251. The van der Waals surface area contributed by atoms with E-state index in [-0.39, 0.29) is 0 Å². The highest BCUT2D eigenvalue weighted by Crippen LogP contribution is 2.32. The third-order valence-corrected chi connectivity index (χ3v) is 3.97. The predicted octanol–water partition coefficient (Wildman–Crippen LogP) is 2.35. The SMILES string of the molecule is COc1c(CN[C@H]2CCOc3ccccc32)c(C)nn1C. The fourth-order valence-corrected chi connectivity index (χ4v) is 2.92. The van der Waals surface area contributed by atoms with Gasteiger partial charge in [-0.3, -0.25) is 0 Å². The van der Waals surface area contributed by atoms with Gasteiger partial charge in [0, 0.05) is 31.6 Å². The fourth-order valence-electron chi connectivity index (χ4n) is 2.92. The van der Waals surface area contributed by atoms with E-state index in [1.54, 1.807) is 11.8 Å². The lowest BCUT2D eigenvalue weighted by Crippen LogP contribution is -2.27. The molecule has 0 fully saturated rings. The van der Waals surface area contributed by atoms with Crippen molar-refractivity contribution in [2.45, 2.75) is 25.9 Å². The summed E-state index contributed by atoms with van der Waals surface area (Å²) in [5.74, 6) is 1.80. The first-order valence-corrected chi connectivity index (χ1v) is 7.22. The quantitative estimate of drug-likeness (QED) is 0.938. The number of methoxy groups -OCH3 is 1. The zero-order valence-electron chi connectivity index (χ0n) is 12.7. The molecule has 3 rings (SSSR count). The highest BCUT2D eigenvalue weighted by Gasteiger charge is 2.22. The fraction of sp³-hybridized carbons (Fsp3) is 0.438. The second-order valence-electron chi connectivity index (χ2n) is 5.31. The van der Waals surface area contributed by atoms with Crippen molar-refractivity contribution < 1.29 is 9.47 Å². The average Bonchev–Trinajstić information content (AvgIpc) is 2.78. The van der Waals surface area contributed by atoms with Crippen molar-refractivity contribution in [3.05, 3.63) is 41.1 Å². The Labute approximate surface area is 124 Å². The second-order valence-corrected chi connectivity index (χ2v) is 5.31. The van der Waals surface area contributed by atoms with Gasteiger partial charge in [0.25, 0.3) is 0 Å². The molecule has 1 aliphatic rings. The molecule has 1 aliphatic heterocycles.